The number of para-hydroxylation sites is 1. The lowest BCUT2D eigenvalue weighted by atomic mass is 10.1. The van der Waals surface area contributed by atoms with Crippen molar-refractivity contribution in [1.82, 2.24) is 0 Å². The van der Waals surface area contributed by atoms with E-state index in [4.69, 9.17) is 22.1 Å². The van der Waals surface area contributed by atoms with Crippen LogP contribution in [0.15, 0.2) is 34.1 Å². The molecular formula is C13H13BrClNOS. The third kappa shape index (κ3) is 3.48. The van der Waals surface area contributed by atoms with E-state index in [1.54, 1.807) is 11.3 Å². The second-order valence-electron chi connectivity index (χ2n) is 3.79. The fourth-order valence-corrected chi connectivity index (χ4v) is 3.25. The lowest BCUT2D eigenvalue weighted by Gasteiger charge is -2.11. The van der Waals surface area contributed by atoms with Gasteiger partial charge in [-0.15, -0.1) is 11.3 Å². The molecule has 5 heteroatoms. The van der Waals surface area contributed by atoms with Crippen LogP contribution in [0, 0.1) is 0 Å². The number of halogens is 2. The molecule has 0 radical (unpaired) electrons. The summed E-state index contributed by atoms with van der Waals surface area (Å²) in [6, 6.07) is 7.80. The van der Waals surface area contributed by atoms with Crippen molar-refractivity contribution in [3.05, 3.63) is 49.6 Å². The molecule has 0 saturated carbocycles. The van der Waals surface area contributed by atoms with Gasteiger partial charge >= 0.3 is 0 Å². The minimum Gasteiger partial charge on any atom is -0.486 e. The van der Waals surface area contributed by atoms with Crippen LogP contribution in [-0.2, 0) is 13.0 Å². The summed E-state index contributed by atoms with van der Waals surface area (Å²) in [4.78, 5) is 1.15. The summed E-state index contributed by atoms with van der Waals surface area (Å²) in [5, 5.41) is 2.67. The van der Waals surface area contributed by atoms with E-state index >= 15 is 0 Å². The molecule has 0 aliphatic carbocycles. The third-order valence-corrected chi connectivity index (χ3v) is 4.41. The smallest absolute Gasteiger partial charge is 0.141 e. The zero-order valence-corrected chi connectivity index (χ0v) is 12.8. The molecule has 18 heavy (non-hydrogen) atoms. The fourth-order valence-electron chi connectivity index (χ4n) is 1.64. The van der Waals surface area contributed by atoms with E-state index in [1.165, 1.54) is 0 Å². The number of benzene rings is 1. The fraction of sp³-hybridized carbons (Fsp3) is 0.231. The summed E-state index contributed by atoms with van der Waals surface area (Å²) in [6.07, 6.45) is 0.768. The predicted molar refractivity (Wildman–Crippen MR) is 80.6 cm³/mol. The van der Waals surface area contributed by atoms with Gasteiger partial charge in [-0.1, -0.05) is 23.7 Å². The maximum atomic E-state index is 6.16. The van der Waals surface area contributed by atoms with Gasteiger partial charge in [0.15, 0.2) is 0 Å². The lowest BCUT2D eigenvalue weighted by Crippen LogP contribution is -2.05. The molecule has 2 rings (SSSR count). The molecule has 2 aromatic rings. The molecule has 0 amide bonds. The Balaban J connectivity index is 2.12. The van der Waals surface area contributed by atoms with E-state index < -0.39 is 0 Å². The van der Waals surface area contributed by atoms with Crippen molar-refractivity contribution in [3.8, 4) is 5.75 Å². The summed E-state index contributed by atoms with van der Waals surface area (Å²) in [5.74, 6) is 0.745. The number of nitrogens with two attached hydrogens (primary N) is 1. The van der Waals surface area contributed by atoms with Crippen LogP contribution in [0.2, 0.25) is 5.02 Å². The molecule has 0 unspecified atom stereocenters. The second-order valence-corrected chi connectivity index (χ2v) is 6.11. The number of ether oxygens (including phenoxy) is 1. The van der Waals surface area contributed by atoms with E-state index in [9.17, 15) is 0 Å². The number of hydrogen-bond acceptors (Lipinski definition) is 3. The first kappa shape index (κ1) is 13.9. The van der Waals surface area contributed by atoms with E-state index in [2.05, 4.69) is 15.9 Å². The molecule has 0 bridgehead atoms. The summed E-state index contributed by atoms with van der Waals surface area (Å²) in [6.45, 7) is 1.11. The van der Waals surface area contributed by atoms with E-state index in [1.807, 2.05) is 29.6 Å². The lowest BCUT2D eigenvalue weighted by molar-refractivity contribution is 0.306. The highest BCUT2D eigenvalue weighted by atomic mass is 79.9. The molecule has 1 aromatic heterocycles. The van der Waals surface area contributed by atoms with Crippen LogP contribution in [0.25, 0.3) is 0 Å². The zero-order chi connectivity index (χ0) is 13.0. The first-order valence-corrected chi connectivity index (χ1v) is 7.59. The minimum atomic E-state index is 0.525. The van der Waals surface area contributed by atoms with Crippen molar-refractivity contribution in [2.45, 2.75) is 13.0 Å². The Kier molecular flexibility index (Phi) is 5.06. The molecule has 0 atom stereocenters. The van der Waals surface area contributed by atoms with Crippen LogP contribution in [0.4, 0.5) is 0 Å². The Hall–Kier alpha value is -0.550. The van der Waals surface area contributed by atoms with Gasteiger partial charge in [0, 0.05) is 14.7 Å². The average Bonchev–Trinajstić information content (AvgIpc) is 2.75. The van der Waals surface area contributed by atoms with Gasteiger partial charge in [0.05, 0.1) is 5.02 Å². The Morgan fingerprint density at radius 3 is 2.89 bits per heavy atom. The van der Waals surface area contributed by atoms with Gasteiger partial charge in [0.2, 0.25) is 0 Å². The third-order valence-electron chi connectivity index (χ3n) is 2.44. The van der Waals surface area contributed by atoms with E-state index in [0.717, 1.165) is 27.1 Å². The van der Waals surface area contributed by atoms with Crippen LogP contribution in [0.5, 0.6) is 5.75 Å². The Bertz CT molecular complexity index is 529. The molecule has 0 aliphatic rings. The molecule has 96 valence electrons. The summed E-state index contributed by atoms with van der Waals surface area (Å²) < 4.78 is 6.90. The van der Waals surface area contributed by atoms with E-state index in [0.29, 0.717) is 18.2 Å². The minimum absolute atomic E-state index is 0.525. The standard InChI is InChI=1S/C13H13BrClNOS/c14-10-6-11(18-8-10)7-17-13-9(4-5-16)2-1-3-12(13)15/h1-3,6,8H,4-5,7,16H2. The van der Waals surface area contributed by atoms with Crippen LogP contribution in [0.1, 0.15) is 10.4 Å². The summed E-state index contributed by atoms with van der Waals surface area (Å²) in [7, 11) is 0. The molecule has 0 aliphatic heterocycles. The molecule has 0 saturated heterocycles. The summed E-state index contributed by atoms with van der Waals surface area (Å²) in [5.41, 5.74) is 6.64. The van der Waals surface area contributed by atoms with Crippen molar-refractivity contribution in [1.29, 1.82) is 0 Å². The van der Waals surface area contributed by atoms with Crippen molar-refractivity contribution in [2.75, 3.05) is 6.54 Å². The number of rotatable bonds is 5. The monoisotopic (exact) mass is 345 g/mol. The highest BCUT2D eigenvalue weighted by molar-refractivity contribution is 9.10. The average molecular weight is 347 g/mol. The second kappa shape index (κ2) is 6.57. The highest BCUT2D eigenvalue weighted by Crippen LogP contribution is 2.30. The quantitative estimate of drug-likeness (QED) is 0.878. The van der Waals surface area contributed by atoms with E-state index in [-0.39, 0.29) is 0 Å². The first-order valence-electron chi connectivity index (χ1n) is 5.54. The van der Waals surface area contributed by atoms with Crippen LogP contribution in [0.3, 0.4) is 0 Å². The van der Waals surface area contributed by atoms with Gasteiger partial charge in [0.1, 0.15) is 12.4 Å². The highest BCUT2D eigenvalue weighted by Gasteiger charge is 2.08. The maximum absolute atomic E-state index is 6.16. The van der Waals surface area contributed by atoms with Crippen molar-refractivity contribution in [2.24, 2.45) is 5.73 Å². The Morgan fingerprint density at radius 1 is 1.39 bits per heavy atom. The molecule has 2 N–H and O–H groups in total. The molecular weight excluding hydrogens is 334 g/mol. The SMILES string of the molecule is NCCc1cccc(Cl)c1OCc1cc(Br)cs1. The number of hydrogen-bond donors (Lipinski definition) is 1. The van der Waals surface area contributed by atoms with Crippen molar-refractivity contribution >= 4 is 38.9 Å². The van der Waals surface area contributed by atoms with Gasteiger partial charge in [-0.3, -0.25) is 0 Å². The van der Waals surface area contributed by atoms with Gasteiger partial charge in [-0.25, -0.2) is 0 Å². The molecule has 1 heterocycles. The largest absolute Gasteiger partial charge is 0.486 e. The zero-order valence-electron chi connectivity index (χ0n) is 9.66. The maximum Gasteiger partial charge on any atom is 0.141 e. The van der Waals surface area contributed by atoms with Crippen LogP contribution >= 0.6 is 38.9 Å². The molecule has 0 spiro atoms. The van der Waals surface area contributed by atoms with Crippen molar-refractivity contribution in [3.63, 3.8) is 0 Å². The normalized spacial score (nSPS) is 10.6. The van der Waals surface area contributed by atoms with Gasteiger partial charge in [0.25, 0.3) is 0 Å². The molecule has 1 aromatic carbocycles. The van der Waals surface area contributed by atoms with Crippen LogP contribution in [-0.4, -0.2) is 6.54 Å². The number of thiophene rings is 1. The van der Waals surface area contributed by atoms with Crippen molar-refractivity contribution < 1.29 is 4.74 Å². The Morgan fingerprint density at radius 2 is 2.22 bits per heavy atom. The summed E-state index contributed by atoms with van der Waals surface area (Å²) >= 11 is 11.2. The van der Waals surface area contributed by atoms with Gasteiger partial charge in [-0.05, 0) is 46.6 Å². The molecule has 2 nitrogen and oxygen atoms in total. The van der Waals surface area contributed by atoms with Gasteiger partial charge < -0.3 is 10.5 Å². The topological polar surface area (TPSA) is 35.2 Å². The Labute approximate surface area is 124 Å². The molecule has 0 fully saturated rings. The van der Waals surface area contributed by atoms with Crippen LogP contribution < -0.4 is 10.5 Å². The first-order chi connectivity index (χ1) is 8.70. The van der Waals surface area contributed by atoms with Gasteiger partial charge in [-0.2, -0.15) is 0 Å². The predicted octanol–water partition coefficient (Wildman–Crippen LogP) is 4.24.